The van der Waals surface area contributed by atoms with Crippen LogP contribution in [-0.2, 0) is 0 Å². The van der Waals surface area contributed by atoms with Crippen LogP contribution < -0.4 is 4.90 Å². The molecular weight excluding hydrogens is 351 g/mol. The van der Waals surface area contributed by atoms with Crippen LogP contribution in [-0.4, -0.2) is 22.9 Å². The summed E-state index contributed by atoms with van der Waals surface area (Å²) < 4.78 is 14.6. The lowest BCUT2D eigenvalue weighted by Gasteiger charge is -2.30. The molecule has 1 fully saturated rings. The average molecular weight is 366 g/mol. The Bertz CT molecular complexity index is 387. The molecule has 0 aliphatic carbocycles. The van der Waals surface area contributed by atoms with Crippen LogP contribution in [0, 0.1) is 5.82 Å². The summed E-state index contributed by atoms with van der Waals surface area (Å²) in [7, 11) is 0. The SMILES string of the molecule is Fc1cc(Br)cnc1N1CCCCCC1CBr. The van der Waals surface area contributed by atoms with E-state index in [1.807, 2.05) is 0 Å². The number of aromatic nitrogens is 1. The van der Waals surface area contributed by atoms with Crippen LogP contribution in [0.2, 0.25) is 0 Å². The highest BCUT2D eigenvalue weighted by Crippen LogP contribution is 2.27. The van der Waals surface area contributed by atoms with Crippen molar-refractivity contribution in [3.8, 4) is 0 Å². The molecule has 1 aliphatic heterocycles. The van der Waals surface area contributed by atoms with Crippen LogP contribution in [0.3, 0.4) is 0 Å². The Morgan fingerprint density at radius 1 is 1.41 bits per heavy atom. The van der Waals surface area contributed by atoms with Gasteiger partial charge in [0.2, 0.25) is 0 Å². The van der Waals surface area contributed by atoms with Crippen LogP contribution in [0.15, 0.2) is 16.7 Å². The minimum atomic E-state index is -0.243. The summed E-state index contributed by atoms with van der Waals surface area (Å²) in [6.07, 6.45) is 6.31. The van der Waals surface area contributed by atoms with Gasteiger partial charge in [-0.2, -0.15) is 0 Å². The Morgan fingerprint density at radius 2 is 2.24 bits per heavy atom. The number of nitrogens with zero attached hydrogens (tertiary/aromatic N) is 2. The van der Waals surface area contributed by atoms with Crippen molar-refractivity contribution < 1.29 is 4.39 Å². The predicted octanol–water partition coefficient (Wildman–Crippen LogP) is 4.13. The summed E-state index contributed by atoms with van der Waals surface area (Å²) in [5, 5.41) is 0.865. The number of pyridine rings is 1. The Hall–Kier alpha value is -0.160. The van der Waals surface area contributed by atoms with Gasteiger partial charge in [0.25, 0.3) is 0 Å². The minimum Gasteiger partial charge on any atom is -0.350 e. The van der Waals surface area contributed by atoms with Crippen LogP contribution in [0.4, 0.5) is 10.2 Å². The molecular formula is C12H15Br2FN2. The molecule has 0 bridgehead atoms. The smallest absolute Gasteiger partial charge is 0.166 e. The Morgan fingerprint density at radius 3 is 2.94 bits per heavy atom. The number of hydrogen-bond donors (Lipinski definition) is 0. The van der Waals surface area contributed by atoms with Crippen molar-refractivity contribution in [2.24, 2.45) is 0 Å². The second kappa shape index (κ2) is 6.14. The van der Waals surface area contributed by atoms with E-state index in [0.717, 1.165) is 24.7 Å². The molecule has 2 rings (SSSR count). The molecule has 17 heavy (non-hydrogen) atoms. The van der Waals surface area contributed by atoms with Crippen molar-refractivity contribution in [3.05, 3.63) is 22.6 Å². The van der Waals surface area contributed by atoms with Crippen molar-refractivity contribution in [1.29, 1.82) is 0 Å². The summed E-state index contributed by atoms with van der Waals surface area (Å²) in [5.41, 5.74) is 0. The molecule has 0 saturated carbocycles. The highest BCUT2D eigenvalue weighted by atomic mass is 79.9. The summed E-state index contributed by atoms with van der Waals surface area (Å²) in [6, 6.07) is 1.83. The van der Waals surface area contributed by atoms with E-state index in [0.29, 0.717) is 16.3 Å². The molecule has 0 amide bonds. The van der Waals surface area contributed by atoms with E-state index in [1.54, 1.807) is 6.20 Å². The molecule has 0 aromatic carbocycles. The number of alkyl halides is 1. The molecule has 5 heteroatoms. The van der Waals surface area contributed by atoms with Crippen molar-refractivity contribution in [2.45, 2.75) is 31.7 Å². The predicted molar refractivity (Wildman–Crippen MR) is 75.3 cm³/mol. The molecule has 1 saturated heterocycles. The maximum absolute atomic E-state index is 13.9. The van der Waals surface area contributed by atoms with Crippen LogP contribution >= 0.6 is 31.9 Å². The van der Waals surface area contributed by atoms with Crippen molar-refractivity contribution in [2.75, 3.05) is 16.8 Å². The Balaban J connectivity index is 2.28. The van der Waals surface area contributed by atoms with Crippen molar-refractivity contribution in [1.82, 2.24) is 4.98 Å². The first-order valence-corrected chi connectivity index (χ1v) is 7.77. The third-order valence-corrected chi connectivity index (χ3v) is 4.30. The lowest BCUT2D eigenvalue weighted by molar-refractivity contribution is 0.576. The third kappa shape index (κ3) is 3.19. The summed E-state index contributed by atoms with van der Waals surface area (Å²) in [4.78, 5) is 6.33. The van der Waals surface area contributed by atoms with Gasteiger partial charge in [0.05, 0.1) is 0 Å². The number of anilines is 1. The first kappa shape index (κ1) is 13.3. The largest absolute Gasteiger partial charge is 0.350 e. The quantitative estimate of drug-likeness (QED) is 0.732. The van der Waals surface area contributed by atoms with E-state index in [4.69, 9.17) is 0 Å². The highest BCUT2D eigenvalue weighted by molar-refractivity contribution is 9.10. The van der Waals surface area contributed by atoms with Gasteiger partial charge in [-0.15, -0.1) is 0 Å². The van der Waals surface area contributed by atoms with Gasteiger partial charge in [-0.1, -0.05) is 28.8 Å². The molecule has 1 aromatic rings. The van der Waals surface area contributed by atoms with Crippen LogP contribution in [0.1, 0.15) is 25.7 Å². The zero-order valence-corrected chi connectivity index (χ0v) is 12.7. The second-order valence-electron chi connectivity index (χ2n) is 4.31. The van der Waals surface area contributed by atoms with E-state index >= 15 is 0 Å². The Kier molecular flexibility index (Phi) is 4.79. The molecule has 2 nitrogen and oxygen atoms in total. The molecule has 1 atom stereocenters. The molecule has 0 N–H and O–H groups in total. The van der Waals surface area contributed by atoms with Crippen molar-refractivity contribution >= 4 is 37.7 Å². The minimum absolute atomic E-state index is 0.243. The van der Waals surface area contributed by atoms with Gasteiger partial charge in [-0.3, -0.25) is 0 Å². The lowest BCUT2D eigenvalue weighted by Crippen LogP contribution is -2.37. The molecule has 1 aromatic heterocycles. The molecule has 94 valence electrons. The first-order chi connectivity index (χ1) is 8.22. The lowest BCUT2D eigenvalue weighted by atomic mass is 10.1. The van der Waals surface area contributed by atoms with Gasteiger partial charge in [0.15, 0.2) is 11.6 Å². The van der Waals surface area contributed by atoms with E-state index in [-0.39, 0.29) is 5.82 Å². The van der Waals surface area contributed by atoms with E-state index in [2.05, 4.69) is 41.7 Å². The number of halogens is 3. The van der Waals surface area contributed by atoms with Gasteiger partial charge in [0.1, 0.15) is 0 Å². The van der Waals surface area contributed by atoms with Gasteiger partial charge in [0, 0.05) is 28.6 Å². The van der Waals surface area contributed by atoms with E-state index in [1.165, 1.54) is 18.9 Å². The molecule has 1 aliphatic rings. The summed E-state index contributed by atoms with van der Waals surface area (Å²) >= 11 is 6.76. The first-order valence-electron chi connectivity index (χ1n) is 5.86. The van der Waals surface area contributed by atoms with Gasteiger partial charge in [-0.05, 0) is 34.8 Å². The van der Waals surface area contributed by atoms with Crippen molar-refractivity contribution in [3.63, 3.8) is 0 Å². The fourth-order valence-corrected chi connectivity index (χ4v) is 3.21. The van der Waals surface area contributed by atoms with Crippen LogP contribution in [0.5, 0.6) is 0 Å². The average Bonchev–Trinajstić information content (AvgIpc) is 2.54. The monoisotopic (exact) mass is 364 g/mol. The van der Waals surface area contributed by atoms with Crippen LogP contribution in [0.25, 0.3) is 0 Å². The third-order valence-electron chi connectivity index (χ3n) is 3.12. The fourth-order valence-electron chi connectivity index (χ4n) is 2.24. The topological polar surface area (TPSA) is 16.1 Å². The second-order valence-corrected chi connectivity index (χ2v) is 5.87. The number of rotatable bonds is 2. The standard InChI is InChI=1S/C12H15Br2FN2/c13-7-10-4-2-1-3-5-17(10)12-11(15)6-9(14)8-16-12/h6,8,10H,1-5,7H2. The zero-order chi connectivity index (χ0) is 12.3. The highest BCUT2D eigenvalue weighted by Gasteiger charge is 2.23. The van der Waals surface area contributed by atoms with E-state index in [9.17, 15) is 4.39 Å². The fraction of sp³-hybridized carbons (Fsp3) is 0.583. The van der Waals surface area contributed by atoms with Gasteiger partial charge < -0.3 is 4.90 Å². The molecule has 2 heterocycles. The normalized spacial score (nSPS) is 21.4. The maximum Gasteiger partial charge on any atom is 0.166 e. The zero-order valence-electron chi connectivity index (χ0n) is 9.50. The Labute approximate surface area is 118 Å². The van der Waals surface area contributed by atoms with Gasteiger partial charge >= 0.3 is 0 Å². The molecule has 0 spiro atoms. The number of hydrogen-bond acceptors (Lipinski definition) is 2. The summed E-state index contributed by atoms with van der Waals surface area (Å²) in [6.45, 7) is 0.891. The summed E-state index contributed by atoms with van der Waals surface area (Å²) in [5.74, 6) is 0.242. The maximum atomic E-state index is 13.9. The van der Waals surface area contributed by atoms with E-state index < -0.39 is 0 Å². The van der Waals surface area contributed by atoms with Gasteiger partial charge in [-0.25, -0.2) is 9.37 Å². The molecule has 0 radical (unpaired) electrons. The molecule has 1 unspecified atom stereocenters.